The number of carbonyl (C=O) groups is 2. The molecule has 1 atom stereocenters. The predicted octanol–water partition coefficient (Wildman–Crippen LogP) is 2.75. The largest absolute Gasteiger partial charge is 0.462 e. The zero-order valence-corrected chi connectivity index (χ0v) is 19.4. The summed E-state index contributed by atoms with van der Waals surface area (Å²) < 4.78 is 16.0. The molecule has 0 radical (unpaired) electrons. The fourth-order valence-electron chi connectivity index (χ4n) is 3.63. The number of ether oxygens (including phenoxy) is 3. The second kappa shape index (κ2) is 10.9. The third kappa shape index (κ3) is 5.39. The lowest BCUT2D eigenvalue weighted by Crippen LogP contribution is -2.28. The van der Waals surface area contributed by atoms with Gasteiger partial charge in [-0.2, -0.15) is 0 Å². The minimum absolute atomic E-state index is 0.00378. The van der Waals surface area contributed by atoms with Gasteiger partial charge in [0.2, 0.25) is 11.7 Å². The van der Waals surface area contributed by atoms with E-state index in [1.807, 2.05) is 19.1 Å². The molecule has 1 aromatic carbocycles. The number of esters is 1. The average molecular weight is 479 g/mol. The second-order valence-electron chi connectivity index (χ2n) is 7.81. The van der Waals surface area contributed by atoms with Gasteiger partial charge < -0.3 is 29.6 Å². The summed E-state index contributed by atoms with van der Waals surface area (Å²) in [6.45, 7) is 2.48. The summed E-state index contributed by atoms with van der Waals surface area (Å²) in [4.78, 5) is 37.8. The van der Waals surface area contributed by atoms with Crippen LogP contribution in [0, 0.1) is 12.8 Å². The Morgan fingerprint density at radius 3 is 2.97 bits per heavy atom. The Hall–Kier alpha value is -4.02. The average Bonchev–Trinajstić information content (AvgIpc) is 3.40. The lowest BCUT2D eigenvalue weighted by molar-refractivity contribution is -0.149. The van der Waals surface area contributed by atoms with Crippen molar-refractivity contribution in [2.45, 2.75) is 6.92 Å². The first-order valence-electron chi connectivity index (χ1n) is 11.1. The van der Waals surface area contributed by atoms with Gasteiger partial charge in [-0.15, -0.1) is 0 Å². The van der Waals surface area contributed by atoms with E-state index in [0.29, 0.717) is 23.4 Å². The number of hydrogen-bond donors (Lipinski definition) is 3. The SMILES string of the molecule is COCCOC(=O)C1C(=O)/C(=C/c2c[nH]c3ncccc23)OC1=Nc1ccc(NCCO)cc1C. The molecule has 1 unspecified atom stereocenters. The Morgan fingerprint density at radius 1 is 1.34 bits per heavy atom. The van der Waals surface area contributed by atoms with E-state index < -0.39 is 17.7 Å². The van der Waals surface area contributed by atoms with Gasteiger partial charge in [-0.05, 0) is 48.9 Å². The van der Waals surface area contributed by atoms with Crippen molar-refractivity contribution >= 4 is 46.1 Å². The lowest BCUT2D eigenvalue weighted by Gasteiger charge is -2.10. The van der Waals surface area contributed by atoms with Crippen molar-refractivity contribution in [2.75, 3.05) is 38.8 Å². The quantitative estimate of drug-likeness (QED) is 0.185. The first-order valence-corrected chi connectivity index (χ1v) is 11.1. The van der Waals surface area contributed by atoms with Crippen LogP contribution in [0.5, 0.6) is 0 Å². The number of hydrogen-bond acceptors (Lipinski definition) is 9. The summed E-state index contributed by atoms with van der Waals surface area (Å²) in [5.41, 5.74) is 3.50. The van der Waals surface area contributed by atoms with Gasteiger partial charge in [-0.3, -0.25) is 9.59 Å². The number of aromatic amines is 1. The normalized spacial score (nSPS) is 17.8. The number of nitrogens with zero attached hydrogens (tertiary/aromatic N) is 2. The number of allylic oxidation sites excluding steroid dienone is 1. The summed E-state index contributed by atoms with van der Waals surface area (Å²) in [6, 6.07) is 9.05. The number of aliphatic hydroxyl groups excluding tert-OH is 1. The number of aliphatic imine (C=N–C) groups is 1. The molecule has 1 aliphatic heterocycles. The molecule has 0 aliphatic carbocycles. The van der Waals surface area contributed by atoms with Gasteiger partial charge >= 0.3 is 5.97 Å². The predicted molar refractivity (Wildman–Crippen MR) is 130 cm³/mol. The van der Waals surface area contributed by atoms with Crippen molar-refractivity contribution in [2.24, 2.45) is 10.9 Å². The molecule has 0 spiro atoms. The van der Waals surface area contributed by atoms with E-state index in [0.717, 1.165) is 16.6 Å². The number of ketones is 1. The van der Waals surface area contributed by atoms with Crippen molar-refractivity contribution in [3.63, 3.8) is 0 Å². The number of aromatic nitrogens is 2. The molecule has 0 saturated carbocycles. The number of methoxy groups -OCH3 is 1. The third-order valence-corrected chi connectivity index (χ3v) is 5.37. The van der Waals surface area contributed by atoms with Crippen LogP contribution in [-0.2, 0) is 23.8 Å². The summed E-state index contributed by atoms with van der Waals surface area (Å²) in [7, 11) is 1.49. The molecule has 1 aliphatic rings. The maximum atomic E-state index is 13.2. The zero-order valence-electron chi connectivity index (χ0n) is 19.4. The zero-order chi connectivity index (χ0) is 24.8. The van der Waals surface area contributed by atoms with Crippen LogP contribution in [0.15, 0.2) is 53.5 Å². The number of aliphatic hydroxyl groups is 1. The number of nitrogens with one attached hydrogen (secondary N) is 2. The molecule has 10 nitrogen and oxygen atoms in total. The van der Waals surface area contributed by atoms with Crippen LogP contribution in [0.4, 0.5) is 11.4 Å². The number of benzene rings is 1. The maximum Gasteiger partial charge on any atom is 0.326 e. The van der Waals surface area contributed by atoms with E-state index >= 15 is 0 Å². The highest BCUT2D eigenvalue weighted by atomic mass is 16.6. The van der Waals surface area contributed by atoms with Gasteiger partial charge in [0.15, 0.2) is 11.7 Å². The van der Waals surface area contributed by atoms with Gasteiger partial charge in [0, 0.05) is 42.7 Å². The van der Waals surface area contributed by atoms with Crippen LogP contribution in [0.2, 0.25) is 0 Å². The number of Topliss-reactive ketones (excluding diaryl/α,β-unsaturated/α-hetero) is 1. The summed E-state index contributed by atoms with van der Waals surface area (Å²) in [6.07, 6.45) is 4.94. The molecule has 1 saturated heterocycles. The van der Waals surface area contributed by atoms with Crippen molar-refractivity contribution < 1.29 is 28.9 Å². The van der Waals surface area contributed by atoms with Crippen molar-refractivity contribution in [1.82, 2.24) is 9.97 Å². The Kier molecular flexibility index (Phi) is 7.54. The number of aryl methyl sites for hydroxylation is 1. The maximum absolute atomic E-state index is 13.2. The fourth-order valence-corrected chi connectivity index (χ4v) is 3.63. The van der Waals surface area contributed by atoms with Gasteiger partial charge in [-0.1, -0.05) is 0 Å². The fraction of sp³-hybridized carbons (Fsp3) is 0.280. The molecule has 0 bridgehead atoms. The summed E-state index contributed by atoms with van der Waals surface area (Å²) >= 11 is 0. The van der Waals surface area contributed by atoms with Crippen LogP contribution in [0.25, 0.3) is 17.1 Å². The smallest absolute Gasteiger partial charge is 0.326 e. The van der Waals surface area contributed by atoms with Gasteiger partial charge in [0.1, 0.15) is 12.3 Å². The molecule has 2 aromatic heterocycles. The van der Waals surface area contributed by atoms with E-state index in [1.165, 1.54) is 7.11 Å². The number of rotatable bonds is 9. The Balaban J connectivity index is 1.68. The highest BCUT2D eigenvalue weighted by Gasteiger charge is 2.45. The van der Waals surface area contributed by atoms with E-state index in [2.05, 4.69) is 20.3 Å². The Bertz CT molecular complexity index is 1300. The van der Waals surface area contributed by atoms with Crippen LogP contribution in [-0.4, -0.2) is 66.2 Å². The molecule has 4 rings (SSSR count). The molecule has 35 heavy (non-hydrogen) atoms. The standard InChI is InChI=1S/C25H26N4O6/c1-15-12-17(26-8-9-30)5-6-19(15)29-24-21(25(32)34-11-10-33-2)22(31)20(35-24)13-16-14-28-23-18(16)4-3-7-27-23/h3-7,12-14,21,26,30H,8-11H2,1-2H3,(H,27,28)/b20-13-,29-24?. The van der Waals surface area contributed by atoms with Crippen molar-refractivity contribution in [1.29, 1.82) is 0 Å². The lowest BCUT2D eigenvalue weighted by atomic mass is 10.0. The summed E-state index contributed by atoms with van der Waals surface area (Å²) in [5.74, 6) is -2.69. The molecule has 10 heteroatoms. The molecular formula is C25H26N4O6. The van der Waals surface area contributed by atoms with E-state index in [4.69, 9.17) is 19.3 Å². The molecule has 3 aromatic rings. The minimum Gasteiger partial charge on any atom is -0.462 e. The van der Waals surface area contributed by atoms with Crippen LogP contribution < -0.4 is 5.32 Å². The monoisotopic (exact) mass is 478 g/mol. The highest BCUT2D eigenvalue weighted by molar-refractivity contribution is 6.27. The van der Waals surface area contributed by atoms with Gasteiger partial charge in [-0.25, -0.2) is 9.98 Å². The van der Waals surface area contributed by atoms with Crippen LogP contribution in [0.3, 0.4) is 0 Å². The molecule has 3 N–H and O–H groups in total. The molecule has 182 valence electrons. The minimum atomic E-state index is -1.33. The summed E-state index contributed by atoms with van der Waals surface area (Å²) in [5, 5.41) is 12.9. The van der Waals surface area contributed by atoms with Gasteiger partial charge in [0.05, 0.1) is 18.9 Å². The molecule has 3 heterocycles. The molecule has 0 amide bonds. The van der Waals surface area contributed by atoms with Crippen molar-refractivity contribution in [3.8, 4) is 0 Å². The Morgan fingerprint density at radius 2 is 2.20 bits per heavy atom. The first kappa shape index (κ1) is 24.1. The molecular weight excluding hydrogens is 452 g/mol. The van der Waals surface area contributed by atoms with E-state index in [1.54, 1.807) is 36.7 Å². The van der Waals surface area contributed by atoms with Gasteiger partial charge in [0.25, 0.3) is 0 Å². The van der Waals surface area contributed by atoms with E-state index in [9.17, 15) is 9.59 Å². The number of H-pyrrole nitrogens is 1. The number of anilines is 1. The second-order valence-corrected chi connectivity index (χ2v) is 7.81. The number of pyridine rings is 1. The Labute approximate surface area is 201 Å². The number of fused-ring (bicyclic) bond motifs is 1. The molecule has 1 fully saturated rings. The van der Waals surface area contributed by atoms with Crippen LogP contribution in [0.1, 0.15) is 11.1 Å². The van der Waals surface area contributed by atoms with E-state index in [-0.39, 0.29) is 31.5 Å². The third-order valence-electron chi connectivity index (χ3n) is 5.37. The van der Waals surface area contributed by atoms with Crippen molar-refractivity contribution in [3.05, 3.63) is 59.6 Å². The number of carbonyl (C=O) groups excluding carboxylic acids is 2. The highest BCUT2D eigenvalue weighted by Crippen LogP contribution is 2.31. The first-order chi connectivity index (χ1) is 17.0. The topological polar surface area (TPSA) is 135 Å². The van der Waals surface area contributed by atoms with Crippen LogP contribution >= 0.6 is 0 Å².